The molecule has 1 saturated heterocycles. The average Bonchev–Trinajstić information content (AvgIpc) is 2.43. The molecule has 1 aliphatic rings. The van der Waals surface area contributed by atoms with E-state index in [1.807, 2.05) is 11.8 Å². The fraction of sp³-hybridized carbons (Fsp3) is 0.929. The molecule has 1 fully saturated rings. The van der Waals surface area contributed by atoms with Crippen molar-refractivity contribution in [1.82, 2.24) is 9.80 Å². The summed E-state index contributed by atoms with van der Waals surface area (Å²) in [5, 5.41) is 0. The third kappa shape index (κ3) is 4.25. The molecule has 0 saturated carbocycles. The topological polar surface area (TPSA) is 49.6 Å². The van der Waals surface area contributed by atoms with E-state index >= 15 is 0 Å². The van der Waals surface area contributed by atoms with Gasteiger partial charge in [-0.2, -0.15) is 0 Å². The van der Waals surface area contributed by atoms with Gasteiger partial charge >= 0.3 is 0 Å². The molecule has 0 aliphatic carbocycles. The molecule has 0 radical (unpaired) electrons. The lowest BCUT2D eigenvalue weighted by Crippen LogP contribution is -2.48. The maximum Gasteiger partial charge on any atom is 0.239 e. The first-order chi connectivity index (χ1) is 8.62. The van der Waals surface area contributed by atoms with Crippen LogP contribution in [0.3, 0.4) is 0 Å². The highest BCUT2D eigenvalue weighted by molar-refractivity contribution is 5.81. The van der Waals surface area contributed by atoms with E-state index in [2.05, 4.69) is 18.7 Å². The van der Waals surface area contributed by atoms with Crippen molar-refractivity contribution in [3.8, 4) is 0 Å². The highest BCUT2D eigenvalue weighted by Crippen LogP contribution is 2.19. The predicted octanol–water partition coefficient (Wildman–Crippen LogP) is 1.30. The van der Waals surface area contributed by atoms with Crippen LogP contribution in [0.25, 0.3) is 0 Å². The Balaban J connectivity index is 2.34. The third-order valence-corrected chi connectivity index (χ3v) is 4.09. The molecule has 1 heterocycles. The van der Waals surface area contributed by atoms with E-state index in [1.54, 1.807) is 0 Å². The van der Waals surface area contributed by atoms with Gasteiger partial charge in [-0.3, -0.25) is 4.79 Å². The molecular weight excluding hydrogens is 226 g/mol. The Morgan fingerprint density at radius 3 is 2.28 bits per heavy atom. The van der Waals surface area contributed by atoms with Crippen molar-refractivity contribution in [2.75, 3.05) is 32.7 Å². The zero-order valence-electron chi connectivity index (χ0n) is 12.2. The van der Waals surface area contributed by atoms with Gasteiger partial charge in [0.15, 0.2) is 0 Å². The van der Waals surface area contributed by atoms with E-state index in [0.29, 0.717) is 0 Å². The molecule has 0 spiro atoms. The number of piperidine rings is 1. The third-order valence-electron chi connectivity index (χ3n) is 4.09. The van der Waals surface area contributed by atoms with Gasteiger partial charge < -0.3 is 15.5 Å². The van der Waals surface area contributed by atoms with Crippen molar-refractivity contribution in [2.24, 2.45) is 11.7 Å². The number of likely N-dealkylation sites (tertiary alicyclic amines) is 1. The second-order valence-corrected chi connectivity index (χ2v) is 5.27. The molecule has 18 heavy (non-hydrogen) atoms. The molecule has 1 atom stereocenters. The van der Waals surface area contributed by atoms with Crippen LogP contribution in [0.5, 0.6) is 0 Å². The van der Waals surface area contributed by atoms with Crippen LogP contribution in [-0.4, -0.2) is 54.5 Å². The molecule has 0 aromatic rings. The number of carbonyl (C=O) groups excluding carboxylic acids is 1. The van der Waals surface area contributed by atoms with Crippen molar-refractivity contribution >= 4 is 5.91 Å². The first kappa shape index (κ1) is 15.4. The van der Waals surface area contributed by atoms with Gasteiger partial charge in [0, 0.05) is 19.6 Å². The van der Waals surface area contributed by atoms with Gasteiger partial charge in [-0.05, 0) is 38.3 Å². The normalized spacial score (nSPS) is 19.3. The smallest absolute Gasteiger partial charge is 0.239 e. The summed E-state index contributed by atoms with van der Waals surface area (Å²) in [7, 11) is 0. The van der Waals surface area contributed by atoms with Crippen molar-refractivity contribution in [1.29, 1.82) is 0 Å². The van der Waals surface area contributed by atoms with Crippen LogP contribution < -0.4 is 5.73 Å². The molecule has 1 aliphatic heterocycles. The summed E-state index contributed by atoms with van der Waals surface area (Å²) in [5.41, 5.74) is 5.81. The lowest BCUT2D eigenvalue weighted by Gasteiger charge is -2.35. The quantitative estimate of drug-likeness (QED) is 0.778. The molecule has 4 heteroatoms. The lowest BCUT2D eigenvalue weighted by atomic mass is 9.95. The SMILES string of the molecule is CC[C@@H](N)C(=O)N1CCC(CN(CC)CC)CC1. The van der Waals surface area contributed by atoms with E-state index in [-0.39, 0.29) is 11.9 Å². The first-order valence-corrected chi connectivity index (χ1v) is 7.39. The van der Waals surface area contributed by atoms with E-state index in [1.165, 1.54) is 6.54 Å². The monoisotopic (exact) mass is 255 g/mol. The van der Waals surface area contributed by atoms with Crippen LogP contribution in [0.2, 0.25) is 0 Å². The molecular formula is C14H29N3O. The zero-order chi connectivity index (χ0) is 13.5. The summed E-state index contributed by atoms with van der Waals surface area (Å²) < 4.78 is 0. The van der Waals surface area contributed by atoms with Crippen LogP contribution >= 0.6 is 0 Å². The standard InChI is InChI=1S/C14H29N3O/c1-4-13(15)14(18)17-9-7-12(8-10-17)11-16(5-2)6-3/h12-13H,4-11,15H2,1-3H3/t13-/m1/s1. The highest BCUT2D eigenvalue weighted by atomic mass is 16.2. The summed E-state index contributed by atoms with van der Waals surface area (Å²) >= 11 is 0. The van der Waals surface area contributed by atoms with Crippen molar-refractivity contribution < 1.29 is 4.79 Å². The number of rotatable bonds is 6. The van der Waals surface area contributed by atoms with Gasteiger partial charge in [-0.15, -0.1) is 0 Å². The maximum absolute atomic E-state index is 12.0. The Kier molecular flexibility index (Phi) is 6.65. The number of carbonyl (C=O) groups is 1. The number of nitrogens with zero attached hydrogens (tertiary/aromatic N) is 2. The summed E-state index contributed by atoms with van der Waals surface area (Å²) in [6.45, 7) is 11.6. The fourth-order valence-electron chi connectivity index (χ4n) is 2.59. The number of hydrogen-bond acceptors (Lipinski definition) is 3. The van der Waals surface area contributed by atoms with Crippen LogP contribution in [0.1, 0.15) is 40.0 Å². The van der Waals surface area contributed by atoms with Gasteiger partial charge in [0.1, 0.15) is 0 Å². The Morgan fingerprint density at radius 2 is 1.83 bits per heavy atom. The lowest BCUT2D eigenvalue weighted by molar-refractivity contribution is -0.134. The minimum atomic E-state index is -0.302. The average molecular weight is 255 g/mol. The number of amides is 1. The number of nitrogens with two attached hydrogens (primary N) is 1. The Hall–Kier alpha value is -0.610. The maximum atomic E-state index is 12.0. The van der Waals surface area contributed by atoms with Crippen molar-refractivity contribution in [3.05, 3.63) is 0 Å². The fourth-order valence-corrected chi connectivity index (χ4v) is 2.59. The molecule has 2 N–H and O–H groups in total. The molecule has 0 bridgehead atoms. The van der Waals surface area contributed by atoms with Crippen LogP contribution in [-0.2, 0) is 4.79 Å². The molecule has 4 nitrogen and oxygen atoms in total. The van der Waals surface area contributed by atoms with Gasteiger partial charge in [0.25, 0.3) is 0 Å². The van der Waals surface area contributed by atoms with E-state index in [9.17, 15) is 4.79 Å². The minimum Gasteiger partial charge on any atom is -0.341 e. The van der Waals surface area contributed by atoms with Crippen LogP contribution in [0.4, 0.5) is 0 Å². The van der Waals surface area contributed by atoms with Crippen molar-refractivity contribution in [2.45, 2.75) is 46.1 Å². The second kappa shape index (κ2) is 7.74. The molecule has 1 rings (SSSR count). The van der Waals surface area contributed by atoms with Gasteiger partial charge in [-0.1, -0.05) is 20.8 Å². The van der Waals surface area contributed by atoms with E-state index in [0.717, 1.165) is 51.4 Å². The Morgan fingerprint density at radius 1 is 1.28 bits per heavy atom. The summed E-state index contributed by atoms with van der Waals surface area (Å²) in [6.07, 6.45) is 2.98. The van der Waals surface area contributed by atoms with Crippen molar-refractivity contribution in [3.63, 3.8) is 0 Å². The van der Waals surface area contributed by atoms with E-state index in [4.69, 9.17) is 5.73 Å². The largest absolute Gasteiger partial charge is 0.341 e. The number of hydrogen-bond donors (Lipinski definition) is 1. The Labute approximate surface area is 111 Å². The van der Waals surface area contributed by atoms with Crippen LogP contribution in [0, 0.1) is 5.92 Å². The molecule has 106 valence electrons. The second-order valence-electron chi connectivity index (χ2n) is 5.27. The van der Waals surface area contributed by atoms with Gasteiger partial charge in [0.05, 0.1) is 6.04 Å². The minimum absolute atomic E-state index is 0.138. The molecule has 0 unspecified atom stereocenters. The predicted molar refractivity (Wildman–Crippen MR) is 75.4 cm³/mol. The van der Waals surface area contributed by atoms with Gasteiger partial charge in [0.2, 0.25) is 5.91 Å². The molecule has 0 aromatic carbocycles. The highest BCUT2D eigenvalue weighted by Gasteiger charge is 2.25. The molecule has 1 amide bonds. The molecule has 0 aromatic heterocycles. The summed E-state index contributed by atoms with van der Waals surface area (Å²) in [5.74, 6) is 0.880. The Bertz CT molecular complexity index is 245. The van der Waals surface area contributed by atoms with Gasteiger partial charge in [-0.25, -0.2) is 0 Å². The van der Waals surface area contributed by atoms with E-state index < -0.39 is 0 Å². The first-order valence-electron chi connectivity index (χ1n) is 7.39. The summed E-state index contributed by atoms with van der Waals surface area (Å²) in [4.78, 5) is 16.4. The van der Waals surface area contributed by atoms with Crippen LogP contribution in [0.15, 0.2) is 0 Å². The zero-order valence-corrected chi connectivity index (χ0v) is 12.2. The summed E-state index contributed by atoms with van der Waals surface area (Å²) in [6, 6.07) is -0.302.